The van der Waals surface area contributed by atoms with Crippen molar-refractivity contribution in [1.82, 2.24) is 4.90 Å². The average molecular weight is 224 g/mol. The molecule has 1 saturated carbocycles. The summed E-state index contributed by atoms with van der Waals surface area (Å²) in [7, 11) is 0. The van der Waals surface area contributed by atoms with Crippen LogP contribution >= 0.6 is 12.4 Å². The van der Waals surface area contributed by atoms with Gasteiger partial charge in [0.25, 0.3) is 0 Å². The molecule has 1 saturated heterocycles. The minimum absolute atomic E-state index is 0. The molecule has 1 aliphatic carbocycles. The number of rotatable bonds is 3. The fourth-order valence-electron chi connectivity index (χ4n) is 2.02. The molecule has 2 aliphatic rings. The molecule has 14 heavy (non-hydrogen) atoms. The molecule has 0 aromatic heterocycles. The Morgan fingerprint density at radius 3 is 2.36 bits per heavy atom. The van der Waals surface area contributed by atoms with Gasteiger partial charge < -0.3 is 15.3 Å². The van der Waals surface area contributed by atoms with Crippen LogP contribution in [-0.2, 0) is 0 Å². The fraction of sp³-hybridized carbons (Fsp3) is 1.00. The maximum Gasteiger partial charge on any atom is 0.0988 e. The molecular weight excluding hydrogens is 206 g/mol. The van der Waals surface area contributed by atoms with Crippen LogP contribution in [0.15, 0.2) is 0 Å². The van der Waals surface area contributed by atoms with E-state index in [1.54, 1.807) is 0 Å². The molecule has 1 aliphatic heterocycles. The summed E-state index contributed by atoms with van der Waals surface area (Å²) in [5.74, 6) is 0.728. The van der Waals surface area contributed by atoms with E-state index in [4.69, 9.17) is 5.11 Å². The van der Waals surface area contributed by atoms with Crippen LogP contribution in [0.5, 0.6) is 0 Å². The first kappa shape index (κ1) is 12.2. The van der Waals surface area contributed by atoms with Crippen molar-refractivity contribution in [3.05, 3.63) is 0 Å². The van der Waals surface area contributed by atoms with Crippen molar-refractivity contribution in [2.45, 2.75) is 31.1 Å². The lowest BCUT2D eigenvalue weighted by molar-refractivity contribution is 0.0213. The number of hydrogen-bond donors (Lipinski definition) is 3. The first-order valence-corrected chi connectivity index (χ1v) is 4.93. The lowest BCUT2D eigenvalue weighted by atomic mass is 10.1. The molecule has 0 amide bonds. The van der Waals surface area contributed by atoms with Gasteiger partial charge >= 0.3 is 0 Å². The van der Waals surface area contributed by atoms with E-state index in [-0.39, 0.29) is 25.1 Å². The molecule has 5 heteroatoms. The Balaban J connectivity index is 0.000000980. The number of likely N-dealkylation sites (tertiary alicyclic amines) is 1. The first-order chi connectivity index (χ1) is 6.22. The third-order valence-corrected chi connectivity index (χ3v) is 3.06. The molecule has 0 unspecified atom stereocenters. The van der Waals surface area contributed by atoms with E-state index in [9.17, 15) is 10.2 Å². The van der Waals surface area contributed by atoms with Crippen LogP contribution < -0.4 is 0 Å². The molecule has 0 radical (unpaired) electrons. The van der Waals surface area contributed by atoms with Crippen molar-refractivity contribution in [1.29, 1.82) is 0 Å². The number of hydrogen-bond acceptors (Lipinski definition) is 4. The topological polar surface area (TPSA) is 63.9 Å². The molecule has 0 bridgehead atoms. The highest BCUT2D eigenvalue weighted by Crippen LogP contribution is 2.32. The van der Waals surface area contributed by atoms with Gasteiger partial charge in [-0.25, -0.2) is 0 Å². The van der Waals surface area contributed by atoms with Crippen LogP contribution in [0.4, 0.5) is 0 Å². The summed E-state index contributed by atoms with van der Waals surface area (Å²) < 4.78 is 0. The summed E-state index contributed by atoms with van der Waals surface area (Å²) >= 11 is 0. The normalized spacial score (nSPS) is 38.4. The first-order valence-electron chi connectivity index (χ1n) is 4.93. The molecule has 2 fully saturated rings. The fourth-order valence-corrected chi connectivity index (χ4v) is 2.02. The second-order valence-corrected chi connectivity index (χ2v) is 4.21. The standard InChI is InChI=1S/C9H17NO3.ClH/c11-5-7-9(13)8(12)4-10(7)3-6-1-2-6;/h6-9,11-13H,1-5H2;1H/t7-,8-,9-;/m1./s1. The molecule has 84 valence electrons. The van der Waals surface area contributed by atoms with Crippen molar-refractivity contribution in [3.63, 3.8) is 0 Å². The van der Waals surface area contributed by atoms with Gasteiger partial charge in [-0.1, -0.05) is 0 Å². The Hall–Kier alpha value is 0.130. The van der Waals surface area contributed by atoms with Gasteiger partial charge in [0.05, 0.1) is 24.9 Å². The Bertz CT molecular complexity index is 187. The summed E-state index contributed by atoms with van der Waals surface area (Å²) in [4.78, 5) is 2.01. The highest BCUT2D eigenvalue weighted by Gasteiger charge is 2.41. The molecule has 2 rings (SSSR count). The van der Waals surface area contributed by atoms with E-state index >= 15 is 0 Å². The van der Waals surface area contributed by atoms with Crippen LogP contribution in [0, 0.1) is 5.92 Å². The molecule has 4 nitrogen and oxygen atoms in total. The van der Waals surface area contributed by atoms with E-state index in [2.05, 4.69) is 0 Å². The van der Waals surface area contributed by atoms with E-state index in [1.165, 1.54) is 12.8 Å². The lowest BCUT2D eigenvalue weighted by Gasteiger charge is -2.23. The van der Waals surface area contributed by atoms with Crippen molar-refractivity contribution in [2.24, 2.45) is 5.92 Å². The maximum absolute atomic E-state index is 9.51. The van der Waals surface area contributed by atoms with Gasteiger partial charge in [0.2, 0.25) is 0 Å². The highest BCUT2D eigenvalue weighted by atomic mass is 35.5. The van der Waals surface area contributed by atoms with Gasteiger partial charge in [-0.15, -0.1) is 12.4 Å². The number of β-amino-alcohol motifs (C(OH)–C–C–N with tert-alkyl or cyclic N) is 1. The number of halogens is 1. The monoisotopic (exact) mass is 223 g/mol. The zero-order valence-corrected chi connectivity index (χ0v) is 8.86. The van der Waals surface area contributed by atoms with Crippen LogP contribution in [0.2, 0.25) is 0 Å². The molecule has 0 aromatic carbocycles. The SMILES string of the molecule is Cl.OC[C@@H]1[C@@H](O)[C@H](O)CN1CC1CC1. The minimum atomic E-state index is -0.774. The van der Waals surface area contributed by atoms with E-state index < -0.39 is 12.2 Å². The van der Waals surface area contributed by atoms with Crippen molar-refractivity contribution in [2.75, 3.05) is 19.7 Å². The number of nitrogens with zero attached hydrogens (tertiary/aromatic N) is 1. The molecule has 3 atom stereocenters. The lowest BCUT2D eigenvalue weighted by Crippen LogP contribution is -2.39. The predicted molar refractivity (Wildman–Crippen MR) is 54.4 cm³/mol. The van der Waals surface area contributed by atoms with Crippen molar-refractivity contribution in [3.8, 4) is 0 Å². The molecule has 1 heterocycles. The zero-order chi connectivity index (χ0) is 9.42. The Kier molecular flexibility index (Phi) is 4.15. The second kappa shape index (κ2) is 4.77. The zero-order valence-electron chi connectivity index (χ0n) is 8.04. The largest absolute Gasteiger partial charge is 0.395 e. The number of aliphatic hydroxyl groups is 3. The van der Waals surface area contributed by atoms with Crippen LogP contribution in [0.25, 0.3) is 0 Å². The van der Waals surface area contributed by atoms with Gasteiger partial charge in [-0.3, -0.25) is 4.90 Å². The third-order valence-electron chi connectivity index (χ3n) is 3.06. The molecule has 3 N–H and O–H groups in total. The van der Waals surface area contributed by atoms with Crippen molar-refractivity contribution >= 4 is 12.4 Å². The highest BCUT2D eigenvalue weighted by molar-refractivity contribution is 5.85. The molecular formula is C9H18ClNO3. The number of aliphatic hydroxyl groups excluding tert-OH is 3. The van der Waals surface area contributed by atoms with E-state index in [1.807, 2.05) is 4.90 Å². The van der Waals surface area contributed by atoms with Gasteiger partial charge in [0.1, 0.15) is 0 Å². The van der Waals surface area contributed by atoms with Gasteiger partial charge in [0.15, 0.2) is 0 Å². The Labute approximate surface area is 89.9 Å². The average Bonchev–Trinajstić information content (AvgIpc) is 2.84. The van der Waals surface area contributed by atoms with Gasteiger partial charge in [-0.2, -0.15) is 0 Å². The van der Waals surface area contributed by atoms with Crippen molar-refractivity contribution < 1.29 is 15.3 Å². The third kappa shape index (κ3) is 2.38. The summed E-state index contributed by atoms with van der Waals surface area (Å²) in [5, 5.41) is 28.0. The van der Waals surface area contributed by atoms with E-state index in [0.29, 0.717) is 6.54 Å². The van der Waals surface area contributed by atoms with Gasteiger partial charge in [-0.05, 0) is 18.8 Å². The second-order valence-electron chi connectivity index (χ2n) is 4.21. The van der Waals surface area contributed by atoms with Crippen LogP contribution in [0.1, 0.15) is 12.8 Å². The van der Waals surface area contributed by atoms with Crippen LogP contribution in [-0.4, -0.2) is 58.2 Å². The molecule has 0 spiro atoms. The summed E-state index contributed by atoms with van der Waals surface area (Å²) in [6, 6.07) is -0.254. The summed E-state index contributed by atoms with van der Waals surface area (Å²) in [6.07, 6.45) is 1.04. The molecule has 0 aromatic rings. The smallest absolute Gasteiger partial charge is 0.0988 e. The minimum Gasteiger partial charge on any atom is -0.395 e. The maximum atomic E-state index is 9.51. The quantitative estimate of drug-likeness (QED) is 0.587. The Morgan fingerprint density at radius 2 is 1.86 bits per heavy atom. The van der Waals surface area contributed by atoms with E-state index in [0.717, 1.165) is 12.5 Å². The Morgan fingerprint density at radius 1 is 1.21 bits per heavy atom. The summed E-state index contributed by atoms with van der Waals surface area (Å²) in [5.41, 5.74) is 0. The predicted octanol–water partition coefficient (Wildman–Crippen LogP) is -0.784. The van der Waals surface area contributed by atoms with Gasteiger partial charge in [0, 0.05) is 13.1 Å². The van der Waals surface area contributed by atoms with Crippen LogP contribution in [0.3, 0.4) is 0 Å². The summed E-state index contributed by atoms with van der Waals surface area (Å²) in [6.45, 7) is 1.35.